The molecule has 6 nitrogen and oxygen atoms in total. The monoisotopic (exact) mass is 438 g/mol. The number of primary amides is 1. The van der Waals surface area contributed by atoms with Crippen molar-refractivity contribution < 1.29 is 9.59 Å². The van der Waals surface area contributed by atoms with Crippen molar-refractivity contribution in [3.63, 3.8) is 0 Å². The first kappa shape index (κ1) is 21.4. The number of H-pyrrole nitrogens is 1. The molecule has 0 spiro atoms. The second-order valence-electron chi connectivity index (χ2n) is 8.43. The topological polar surface area (TPSA) is 91.2 Å². The summed E-state index contributed by atoms with van der Waals surface area (Å²) in [5.41, 5.74) is 11.0. The molecule has 7 heteroatoms. The normalized spacial score (nSPS) is 15.8. The van der Waals surface area contributed by atoms with E-state index in [1.807, 2.05) is 49.3 Å². The fraction of sp³-hybridized carbons (Fsp3) is 0.333. The Bertz CT molecular complexity index is 1130. The van der Waals surface area contributed by atoms with Gasteiger partial charge in [-0.3, -0.25) is 9.59 Å². The highest BCUT2D eigenvalue weighted by Crippen LogP contribution is 2.36. The van der Waals surface area contributed by atoms with E-state index in [0.29, 0.717) is 23.6 Å². The molecule has 0 radical (unpaired) electrons. The van der Waals surface area contributed by atoms with Crippen molar-refractivity contribution in [3.05, 3.63) is 58.2 Å². The third-order valence-corrected chi connectivity index (χ3v) is 6.22. The molecule has 4 rings (SSSR count). The minimum absolute atomic E-state index is 0.0788. The number of hydrogen-bond acceptors (Lipinski definition) is 3. The van der Waals surface area contributed by atoms with Gasteiger partial charge in [-0.15, -0.1) is 0 Å². The SMILES string of the molecule is CN(C)CCNC(=O)C1CCc2[nH]c3c(C(N)=O)cc(-c4ccc(Cl)cc4)cc3c2C1. The number of carbonyl (C=O) groups is 2. The molecule has 1 aliphatic rings. The predicted molar refractivity (Wildman–Crippen MR) is 124 cm³/mol. The first-order valence-corrected chi connectivity index (χ1v) is 10.9. The van der Waals surface area contributed by atoms with Crippen LogP contribution >= 0.6 is 11.6 Å². The molecule has 2 aromatic carbocycles. The summed E-state index contributed by atoms with van der Waals surface area (Å²) >= 11 is 6.03. The molecule has 31 heavy (non-hydrogen) atoms. The number of nitrogens with zero attached hydrogens (tertiary/aromatic N) is 1. The van der Waals surface area contributed by atoms with Gasteiger partial charge < -0.3 is 20.9 Å². The van der Waals surface area contributed by atoms with E-state index in [1.54, 1.807) is 0 Å². The molecule has 1 aliphatic carbocycles. The Morgan fingerprint density at radius 1 is 1.19 bits per heavy atom. The number of benzene rings is 2. The number of hydrogen-bond donors (Lipinski definition) is 3. The van der Waals surface area contributed by atoms with Crippen LogP contribution in [-0.2, 0) is 17.6 Å². The van der Waals surface area contributed by atoms with Gasteiger partial charge in [-0.1, -0.05) is 23.7 Å². The number of aromatic nitrogens is 1. The van der Waals surface area contributed by atoms with E-state index >= 15 is 0 Å². The lowest BCUT2D eigenvalue weighted by molar-refractivity contribution is -0.125. The van der Waals surface area contributed by atoms with E-state index in [2.05, 4.69) is 16.4 Å². The van der Waals surface area contributed by atoms with Crippen LogP contribution in [0.4, 0.5) is 0 Å². The Morgan fingerprint density at radius 3 is 2.61 bits per heavy atom. The molecule has 1 atom stereocenters. The summed E-state index contributed by atoms with van der Waals surface area (Å²) in [4.78, 5) is 30.4. The molecule has 0 bridgehead atoms. The Balaban J connectivity index is 1.70. The molecule has 1 aromatic heterocycles. The van der Waals surface area contributed by atoms with Gasteiger partial charge in [-0.05, 0) is 74.3 Å². The minimum atomic E-state index is -0.475. The number of amides is 2. The maximum atomic E-state index is 12.7. The number of nitrogens with two attached hydrogens (primary N) is 1. The predicted octanol–water partition coefficient (Wildman–Crippen LogP) is 3.37. The Kier molecular flexibility index (Phi) is 6.03. The molecule has 2 amide bonds. The van der Waals surface area contributed by atoms with Crippen LogP contribution in [0.3, 0.4) is 0 Å². The van der Waals surface area contributed by atoms with Crippen LogP contribution in [-0.4, -0.2) is 48.9 Å². The van der Waals surface area contributed by atoms with Crippen molar-refractivity contribution in [2.45, 2.75) is 19.3 Å². The highest BCUT2D eigenvalue weighted by Gasteiger charge is 2.28. The zero-order chi connectivity index (χ0) is 22.1. The third kappa shape index (κ3) is 4.45. The summed E-state index contributed by atoms with van der Waals surface area (Å²) in [5.74, 6) is -0.465. The van der Waals surface area contributed by atoms with E-state index in [1.165, 1.54) is 0 Å². The lowest BCUT2D eigenvalue weighted by atomic mass is 9.85. The summed E-state index contributed by atoms with van der Waals surface area (Å²) < 4.78 is 0. The Labute approximate surface area is 186 Å². The molecule has 0 saturated carbocycles. The van der Waals surface area contributed by atoms with E-state index in [-0.39, 0.29) is 11.8 Å². The fourth-order valence-corrected chi connectivity index (χ4v) is 4.42. The highest BCUT2D eigenvalue weighted by atomic mass is 35.5. The van der Waals surface area contributed by atoms with Crippen LogP contribution in [0.15, 0.2) is 36.4 Å². The number of fused-ring (bicyclic) bond motifs is 3. The van der Waals surface area contributed by atoms with Gasteiger partial charge in [0.15, 0.2) is 0 Å². The van der Waals surface area contributed by atoms with Gasteiger partial charge in [0.1, 0.15) is 0 Å². The molecule has 1 unspecified atom stereocenters. The van der Waals surface area contributed by atoms with Gasteiger partial charge in [-0.25, -0.2) is 0 Å². The summed E-state index contributed by atoms with van der Waals surface area (Å²) in [7, 11) is 3.97. The van der Waals surface area contributed by atoms with Gasteiger partial charge >= 0.3 is 0 Å². The molecule has 4 N–H and O–H groups in total. The lowest BCUT2D eigenvalue weighted by Gasteiger charge is -2.22. The van der Waals surface area contributed by atoms with E-state index in [0.717, 1.165) is 52.7 Å². The lowest BCUT2D eigenvalue weighted by Crippen LogP contribution is -2.37. The van der Waals surface area contributed by atoms with E-state index in [9.17, 15) is 9.59 Å². The number of rotatable bonds is 6. The molecule has 0 fully saturated rings. The summed E-state index contributed by atoms with van der Waals surface area (Å²) in [5, 5.41) is 4.66. The first-order valence-electron chi connectivity index (χ1n) is 10.5. The standard InChI is InChI=1S/C24H27ClN4O2/c1-29(2)10-9-27-24(31)15-5-8-21-18(11-15)19-12-16(14-3-6-17(25)7-4-14)13-20(23(26)30)22(19)28-21/h3-4,6-7,12-13,15,28H,5,8-11H2,1-2H3,(H2,26,30)(H,27,31). The summed E-state index contributed by atoms with van der Waals surface area (Å²) in [6, 6.07) is 11.4. The van der Waals surface area contributed by atoms with Crippen molar-refractivity contribution in [1.29, 1.82) is 0 Å². The smallest absolute Gasteiger partial charge is 0.250 e. The van der Waals surface area contributed by atoms with Crippen molar-refractivity contribution in [2.24, 2.45) is 11.7 Å². The molecule has 3 aromatic rings. The first-order chi connectivity index (χ1) is 14.8. The number of nitrogens with one attached hydrogen (secondary N) is 2. The number of halogens is 1. The molecular weight excluding hydrogens is 412 g/mol. The van der Waals surface area contributed by atoms with Crippen LogP contribution in [0.1, 0.15) is 28.0 Å². The van der Waals surface area contributed by atoms with Crippen molar-refractivity contribution >= 4 is 34.3 Å². The average Bonchev–Trinajstić information content (AvgIpc) is 3.11. The number of aryl methyl sites for hydroxylation is 1. The van der Waals surface area contributed by atoms with Gasteiger partial charge in [0, 0.05) is 35.1 Å². The van der Waals surface area contributed by atoms with Crippen LogP contribution in [0.2, 0.25) is 5.02 Å². The maximum absolute atomic E-state index is 12.7. The quantitative estimate of drug-likeness (QED) is 0.551. The molecule has 0 saturated heterocycles. The minimum Gasteiger partial charge on any atom is -0.366 e. The van der Waals surface area contributed by atoms with Crippen molar-refractivity contribution in [3.8, 4) is 11.1 Å². The average molecular weight is 439 g/mol. The molecule has 1 heterocycles. The van der Waals surface area contributed by atoms with Crippen LogP contribution in [0.5, 0.6) is 0 Å². The summed E-state index contributed by atoms with van der Waals surface area (Å²) in [6.07, 6.45) is 2.19. The van der Waals surface area contributed by atoms with Gasteiger partial charge in [0.2, 0.25) is 5.91 Å². The van der Waals surface area contributed by atoms with Crippen LogP contribution in [0, 0.1) is 5.92 Å². The van der Waals surface area contributed by atoms with E-state index < -0.39 is 5.91 Å². The second kappa shape index (κ2) is 8.73. The summed E-state index contributed by atoms with van der Waals surface area (Å²) in [6.45, 7) is 1.44. The zero-order valence-corrected chi connectivity index (χ0v) is 18.6. The molecule has 0 aliphatic heterocycles. The van der Waals surface area contributed by atoms with Crippen LogP contribution in [0.25, 0.3) is 22.0 Å². The maximum Gasteiger partial charge on any atom is 0.250 e. The molecular formula is C24H27ClN4O2. The second-order valence-corrected chi connectivity index (χ2v) is 8.87. The van der Waals surface area contributed by atoms with E-state index in [4.69, 9.17) is 17.3 Å². The zero-order valence-electron chi connectivity index (χ0n) is 17.8. The molecule has 162 valence electrons. The Morgan fingerprint density at radius 2 is 1.94 bits per heavy atom. The Hall–Kier alpha value is -2.83. The van der Waals surface area contributed by atoms with Gasteiger partial charge in [0.05, 0.1) is 11.1 Å². The van der Waals surface area contributed by atoms with Crippen molar-refractivity contribution in [2.75, 3.05) is 27.2 Å². The number of likely N-dealkylation sites (N-methyl/N-ethyl adjacent to an activating group) is 1. The fourth-order valence-electron chi connectivity index (χ4n) is 4.29. The van der Waals surface area contributed by atoms with Crippen LogP contribution < -0.4 is 11.1 Å². The number of carbonyl (C=O) groups excluding carboxylic acids is 2. The number of aromatic amines is 1. The highest BCUT2D eigenvalue weighted by molar-refractivity contribution is 6.30. The third-order valence-electron chi connectivity index (χ3n) is 5.97. The van der Waals surface area contributed by atoms with Crippen molar-refractivity contribution in [1.82, 2.24) is 15.2 Å². The largest absolute Gasteiger partial charge is 0.366 e. The van der Waals surface area contributed by atoms with Gasteiger partial charge in [-0.2, -0.15) is 0 Å². The van der Waals surface area contributed by atoms with Gasteiger partial charge in [0.25, 0.3) is 5.91 Å².